The van der Waals surface area contributed by atoms with Crippen LogP contribution in [0.4, 0.5) is 0 Å². The van der Waals surface area contributed by atoms with Gasteiger partial charge in [-0.3, -0.25) is 9.88 Å². The average Bonchev–Trinajstić information content (AvgIpc) is 2.23. The first kappa shape index (κ1) is 7.51. The Morgan fingerprint density at radius 1 is 1.31 bits per heavy atom. The number of hydrogen-bond acceptors (Lipinski definition) is 2. The smallest absolute Gasteiger partial charge is 0.0271 e. The van der Waals surface area contributed by atoms with E-state index in [0.29, 0.717) is 0 Å². The molecule has 0 unspecified atom stereocenters. The fourth-order valence-corrected chi connectivity index (χ4v) is 1.71. The topological polar surface area (TPSA) is 16.1 Å². The summed E-state index contributed by atoms with van der Waals surface area (Å²) in [6, 6.07) is 4.12. The molecule has 0 amide bonds. The molecule has 0 radical (unpaired) electrons. The Hall–Kier alpha value is -0.890. The molecule has 0 aromatic carbocycles. The summed E-state index contributed by atoms with van der Waals surface area (Å²) in [5.74, 6) is 0. The van der Waals surface area contributed by atoms with Gasteiger partial charge in [-0.2, -0.15) is 0 Å². The van der Waals surface area contributed by atoms with Crippen molar-refractivity contribution in [3.8, 4) is 0 Å². The van der Waals surface area contributed by atoms with Gasteiger partial charge in [0.1, 0.15) is 0 Å². The maximum absolute atomic E-state index is 7.61. The van der Waals surface area contributed by atoms with Crippen molar-refractivity contribution in [2.75, 3.05) is 13.1 Å². The van der Waals surface area contributed by atoms with E-state index in [1.54, 1.807) is 0 Å². The molecule has 1 saturated heterocycles. The van der Waals surface area contributed by atoms with Crippen molar-refractivity contribution in [1.82, 2.24) is 9.88 Å². The van der Waals surface area contributed by atoms with Crippen LogP contribution in [0.25, 0.3) is 0 Å². The number of hydrogen-bond donors (Lipinski definition) is 0. The van der Waals surface area contributed by atoms with E-state index in [1.807, 2.05) is 12.4 Å². The summed E-state index contributed by atoms with van der Waals surface area (Å²) in [5.41, 5.74) is 1.32. The summed E-state index contributed by atoms with van der Waals surface area (Å²) in [5, 5.41) is 0. The van der Waals surface area contributed by atoms with Crippen LogP contribution in [-0.4, -0.2) is 23.0 Å². The van der Waals surface area contributed by atoms with E-state index >= 15 is 0 Å². The van der Waals surface area contributed by atoms with Gasteiger partial charge in [0, 0.05) is 20.3 Å². The van der Waals surface area contributed by atoms with Gasteiger partial charge >= 0.3 is 0 Å². The van der Waals surface area contributed by atoms with E-state index in [2.05, 4.69) is 22.0 Å². The Bertz CT molecular complexity index is 268. The summed E-state index contributed by atoms with van der Waals surface area (Å²) in [7, 11) is 0. The zero-order valence-corrected chi connectivity index (χ0v) is 7.82. The predicted octanol–water partition coefficient (Wildman–Crippen LogP) is 2.07. The molecule has 2 heterocycles. The van der Waals surface area contributed by atoms with Crippen LogP contribution in [0.2, 0.25) is 0 Å². The van der Waals surface area contributed by atoms with E-state index in [4.69, 9.17) is 1.37 Å². The summed E-state index contributed by atoms with van der Waals surface area (Å²) >= 11 is 0. The number of nitrogens with zero attached hydrogens (tertiary/aromatic N) is 2. The molecule has 2 heteroatoms. The van der Waals surface area contributed by atoms with Crippen LogP contribution in [0.5, 0.6) is 0 Å². The van der Waals surface area contributed by atoms with Gasteiger partial charge in [-0.25, -0.2) is 0 Å². The van der Waals surface area contributed by atoms with Gasteiger partial charge in [-0.1, -0.05) is 6.40 Å². The Morgan fingerprint density at radius 2 is 2.00 bits per heavy atom. The van der Waals surface area contributed by atoms with Crippen LogP contribution < -0.4 is 0 Å². The fourth-order valence-electron chi connectivity index (χ4n) is 1.71. The van der Waals surface area contributed by atoms with Crippen molar-refractivity contribution < 1.29 is 1.37 Å². The van der Waals surface area contributed by atoms with Gasteiger partial charge in [0.15, 0.2) is 0 Å². The highest BCUT2D eigenvalue weighted by atomic mass is 15.1. The van der Waals surface area contributed by atoms with Crippen LogP contribution >= 0.6 is 0 Å². The second kappa shape index (κ2) is 4.38. The van der Waals surface area contributed by atoms with Gasteiger partial charge in [-0.15, -0.1) is 0 Å². The Kier molecular flexibility index (Phi) is 2.53. The number of piperidine rings is 1. The molecular weight excluding hydrogens is 160 g/mol. The molecule has 0 N–H and O–H groups in total. The fraction of sp³-hybridized carbons (Fsp3) is 0.545. The second-order valence-electron chi connectivity index (χ2n) is 3.50. The molecule has 0 spiro atoms. The van der Waals surface area contributed by atoms with Crippen LogP contribution in [0.1, 0.15) is 26.2 Å². The minimum atomic E-state index is 0.170. The third-order valence-corrected chi connectivity index (χ3v) is 2.45. The van der Waals surface area contributed by atoms with E-state index in [-0.39, 0.29) is 6.40 Å². The van der Waals surface area contributed by atoms with Gasteiger partial charge in [0.25, 0.3) is 0 Å². The Labute approximate surface area is 81.0 Å². The third kappa shape index (κ3) is 2.52. The highest BCUT2D eigenvalue weighted by Gasteiger charge is 2.09. The SMILES string of the molecule is [2H]C1CCN(Cc2ccncc2)CC1. The molecule has 0 aliphatic carbocycles. The highest BCUT2D eigenvalue weighted by molar-refractivity contribution is 5.09. The first-order valence-corrected chi connectivity index (χ1v) is 4.88. The lowest BCUT2D eigenvalue weighted by Crippen LogP contribution is -2.29. The van der Waals surface area contributed by atoms with Crippen molar-refractivity contribution in [3.63, 3.8) is 0 Å². The molecule has 0 atom stereocenters. The van der Waals surface area contributed by atoms with Crippen molar-refractivity contribution in [2.24, 2.45) is 0 Å². The van der Waals surface area contributed by atoms with Crippen LogP contribution in [0.3, 0.4) is 0 Å². The molecule has 1 aliphatic rings. The summed E-state index contributed by atoms with van der Waals surface area (Å²) in [4.78, 5) is 6.42. The molecular formula is C11H16N2. The Balaban J connectivity index is 1.87. The van der Waals surface area contributed by atoms with Gasteiger partial charge in [0.05, 0.1) is 0 Å². The first-order valence-electron chi connectivity index (χ1n) is 5.46. The van der Waals surface area contributed by atoms with Crippen molar-refractivity contribution in [1.29, 1.82) is 0 Å². The van der Waals surface area contributed by atoms with E-state index in [0.717, 1.165) is 32.5 Å². The zero-order valence-electron chi connectivity index (χ0n) is 8.82. The number of likely N-dealkylation sites (tertiary alicyclic amines) is 1. The molecule has 0 bridgehead atoms. The average molecular weight is 177 g/mol. The highest BCUT2D eigenvalue weighted by Crippen LogP contribution is 2.11. The van der Waals surface area contributed by atoms with Crippen molar-refractivity contribution in [2.45, 2.75) is 25.8 Å². The third-order valence-electron chi connectivity index (χ3n) is 2.45. The van der Waals surface area contributed by atoms with Gasteiger partial charge < -0.3 is 0 Å². The minimum Gasteiger partial charge on any atom is -0.299 e. The van der Waals surface area contributed by atoms with E-state index in [1.165, 1.54) is 5.56 Å². The molecule has 1 aliphatic heterocycles. The summed E-state index contributed by atoms with van der Waals surface area (Å²) in [6.45, 7) is 3.14. The second-order valence-corrected chi connectivity index (χ2v) is 3.50. The number of aromatic nitrogens is 1. The van der Waals surface area contributed by atoms with Crippen LogP contribution in [0, 0.1) is 0 Å². The lowest BCUT2D eigenvalue weighted by Gasteiger charge is -2.26. The van der Waals surface area contributed by atoms with E-state index in [9.17, 15) is 0 Å². The predicted molar refractivity (Wildman–Crippen MR) is 53.4 cm³/mol. The monoisotopic (exact) mass is 177 g/mol. The van der Waals surface area contributed by atoms with Crippen LogP contribution in [0.15, 0.2) is 24.5 Å². The maximum Gasteiger partial charge on any atom is 0.0271 e. The van der Waals surface area contributed by atoms with Crippen molar-refractivity contribution >= 4 is 0 Å². The lowest BCUT2D eigenvalue weighted by molar-refractivity contribution is 0.221. The molecule has 1 aromatic heterocycles. The summed E-state index contributed by atoms with van der Waals surface area (Å²) in [6.07, 6.45) is 5.89. The van der Waals surface area contributed by atoms with Gasteiger partial charge in [0.2, 0.25) is 0 Å². The standard InChI is InChI=1S/C11H16N2/c1-2-8-13(9-3-1)10-11-4-6-12-7-5-11/h4-7H,1-3,8-10H2/i1D. The number of pyridine rings is 1. The first-order chi connectivity index (χ1) is 6.84. The van der Waals surface area contributed by atoms with Crippen molar-refractivity contribution in [3.05, 3.63) is 30.1 Å². The minimum absolute atomic E-state index is 0.170. The normalized spacial score (nSPS) is 21.4. The molecule has 1 fully saturated rings. The van der Waals surface area contributed by atoms with E-state index < -0.39 is 0 Å². The molecule has 2 rings (SSSR count). The molecule has 70 valence electrons. The molecule has 13 heavy (non-hydrogen) atoms. The molecule has 0 saturated carbocycles. The maximum atomic E-state index is 7.61. The summed E-state index contributed by atoms with van der Waals surface area (Å²) < 4.78 is 7.61. The Morgan fingerprint density at radius 3 is 2.69 bits per heavy atom. The largest absolute Gasteiger partial charge is 0.299 e. The molecule has 1 aromatic rings. The molecule has 2 nitrogen and oxygen atoms in total. The number of rotatable bonds is 2. The zero-order chi connectivity index (χ0) is 9.80. The lowest BCUT2D eigenvalue weighted by atomic mass is 10.1. The van der Waals surface area contributed by atoms with Crippen LogP contribution in [-0.2, 0) is 6.54 Å². The quantitative estimate of drug-likeness (QED) is 0.687. The van der Waals surface area contributed by atoms with Gasteiger partial charge in [-0.05, 0) is 43.6 Å².